The normalized spacial score (nSPS) is 21.5. The second-order valence-electron chi connectivity index (χ2n) is 9.14. The number of benzene rings is 1. The van der Waals surface area contributed by atoms with Crippen LogP contribution in [0.2, 0.25) is 0 Å². The summed E-state index contributed by atoms with van der Waals surface area (Å²) in [5.74, 6) is 3.71. The number of hydrogen-bond acceptors (Lipinski definition) is 8. The summed E-state index contributed by atoms with van der Waals surface area (Å²) < 4.78 is 7.10. The second-order valence-corrected chi connectivity index (χ2v) is 9.14. The molecule has 0 bridgehead atoms. The fourth-order valence-corrected chi connectivity index (χ4v) is 4.94. The molecule has 170 valence electrons. The van der Waals surface area contributed by atoms with Gasteiger partial charge in [-0.05, 0) is 49.6 Å². The lowest BCUT2D eigenvalue weighted by atomic mass is 9.71. The van der Waals surface area contributed by atoms with E-state index in [0.717, 1.165) is 61.7 Å². The maximum absolute atomic E-state index is 6.20. The molecule has 1 aromatic carbocycles. The number of fused-ring (bicyclic) bond motifs is 3. The fraction of sp³-hybridized carbons (Fsp3) is 0.417. The monoisotopic (exact) mass is 444 g/mol. The number of nitrogens with zero attached hydrogens (tertiary/aromatic N) is 7. The van der Waals surface area contributed by atoms with Gasteiger partial charge in [0.25, 0.3) is 0 Å². The summed E-state index contributed by atoms with van der Waals surface area (Å²) in [6, 6.07) is 10.2. The summed E-state index contributed by atoms with van der Waals surface area (Å²) >= 11 is 0. The number of aromatic nitrogens is 5. The zero-order chi connectivity index (χ0) is 22.5. The third kappa shape index (κ3) is 3.43. The quantitative estimate of drug-likeness (QED) is 0.513. The van der Waals surface area contributed by atoms with E-state index in [1.54, 1.807) is 11.6 Å². The molecule has 9 heteroatoms. The number of pyridine rings is 1. The van der Waals surface area contributed by atoms with Gasteiger partial charge in [-0.25, -0.2) is 15.0 Å². The first kappa shape index (κ1) is 20.2. The van der Waals surface area contributed by atoms with E-state index < -0.39 is 0 Å². The Bertz CT molecular complexity index is 1300. The lowest BCUT2D eigenvalue weighted by Crippen LogP contribution is -2.44. The van der Waals surface area contributed by atoms with Crippen LogP contribution in [0, 0.1) is 0 Å². The van der Waals surface area contributed by atoms with Gasteiger partial charge in [0, 0.05) is 43.7 Å². The first-order chi connectivity index (χ1) is 16.1. The van der Waals surface area contributed by atoms with Gasteiger partial charge in [0.2, 0.25) is 5.95 Å². The topological polar surface area (TPSA) is 97.7 Å². The predicted molar refractivity (Wildman–Crippen MR) is 128 cm³/mol. The number of anilines is 2. The Morgan fingerprint density at radius 1 is 1.00 bits per heavy atom. The third-order valence-corrected chi connectivity index (χ3v) is 7.10. The molecule has 2 aliphatic rings. The van der Waals surface area contributed by atoms with Crippen molar-refractivity contribution in [1.29, 1.82) is 0 Å². The number of likely N-dealkylation sites (N-methyl/N-ethyl adjacent to an activating group) is 1. The minimum atomic E-state index is 0.312. The van der Waals surface area contributed by atoms with Gasteiger partial charge in [-0.15, -0.1) is 5.10 Å². The summed E-state index contributed by atoms with van der Waals surface area (Å²) in [5.41, 5.74) is 8.93. The van der Waals surface area contributed by atoms with Crippen molar-refractivity contribution < 1.29 is 4.74 Å². The number of para-hydroxylation sites is 1. The van der Waals surface area contributed by atoms with Crippen LogP contribution in [0.4, 0.5) is 11.8 Å². The molecule has 0 spiro atoms. The van der Waals surface area contributed by atoms with Crippen LogP contribution in [0.5, 0.6) is 5.75 Å². The highest BCUT2D eigenvalue weighted by Gasteiger charge is 2.35. The second kappa shape index (κ2) is 7.84. The Kier molecular flexibility index (Phi) is 4.79. The summed E-state index contributed by atoms with van der Waals surface area (Å²) in [4.78, 5) is 18.8. The molecule has 1 aliphatic carbocycles. The molecule has 2 N–H and O–H groups in total. The number of ether oxygens (including phenoxy) is 1. The number of hydrogen-bond donors (Lipinski definition) is 1. The summed E-state index contributed by atoms with van der Waals surface area (Å²) in [6.07, 6.45) is 4.08. The molecule has 3 aromatic heterocycles. The molecule has 33 heavy (non-hydrogen) atoms. The maximum Gasteiger partial charge on any atom is 0.223 e. The SMILES string of the molecule is COc1cccc2c1nc(N)n1nc([C@H]3C[C@H](c4ccc(N5CCN(C)CC5)nc4)C3)nc21. The van der Waals surface area contributed by atoms with Crippen LogP contribution in [-0.2, 0) is 0 Å². The van der Waals surface area contributed by atoms with Crippen molar-refractivity contribution in [3.05, 3.63) is 47.9 Å². The van der Waals surface area contributed by atoms with Gasteiger partial charge >= 0.3 is 0 Å². The van der Waals surface area contributed by atoms with Crippen LogP contribution in [0.15, 0.2) is 36.5 Å². The van der Waals surface area contributed by atoms with Crippen LogP contribution in [0.25, 0.3) is 16.6 Å². The fourth-order valence-electron chi connectivity index (χ4n) is 4.94. The summed E-state index contributed by atoms with van der Waals surface area (Å²) in [5, 5.41) is 5.59. The lowest BCUT2D eigenvalue weighted by molar-refractivity contribution is 0.312. The minimum absolute atomic E-state index is 0.312. The van der Waals surface area contributed by atoms with Crippen molar-refractivity contribution in [3.63, 3.8) is 0 Å². The minimum Gasteiger partial charge on any atom is -0.494 e. The average molecular weight is 445 g/mol. The van der Waals surface area contributed by atoms with Gasteiger partial charge in [0.05, 0.1) is 7.11 Å². The molecule has 4 aromatic rings. The van der Waals surface area contributed by atoms with E-state index >= 15 is 0 Å². The number of rotatable bonds is 4. The molecule has 1 saturated heterocycles. The molecule has 2 fully saturated rings. The highest BCUT2D eigenvalue weighted by atomic mass is 16.5. The largest absolute Gasteiger partial charge is 0.494 e. The maximum atomic E-state index is 6.20. The Morgan fingerprint density at radius 3 is 2.55 bits per heavy atom. The van der Waals surface area contributed by atoms with E-state index in [4.69, 9.17) is 25.5 Å². The van der Waals surface area contributed by atoms with Crippen molar-refractivity contribution >= 4 is 28.3 Å². The van der Waals surface area contributed by atoms with Gasteiger partial charge in [-0.1, -0.05) is 12.1 Å². The molecule has 0 unspecified atom stereocenters. The standard InChI is InChI=1S/C24H28N8O/c1-30-8-10-31(11-9-30)20-7-6-15(14-26-20)16-12-17(13-16)22-28-23-18-4-3-5-19(33-2)21(18)27-24(25)32(23)29-22/h3-7,14,16-17H,8-13H2,1-2H3,(H2,25,27)/t16-,17-. The summed E-state index contributed by atoms with van der Waals surface area (Å²) in [6.45, 7) is 4.24. The van der Waals surface area contributed by atoms with Crippen LogP contribution in [0.1, 0.15) is 36.1 Å². The van der Waals surface area contributed by atoms with Crippen molar-refractivity contribution in [3.8, 4) is 5.75 Å². The Hall–Kier alpha value is -3.46. The third-order valence-electron chi connectivity index (χ3n) is 7.10. The van der Waals surface area contributed by atoms with E-state index in [0.29, 0.717) is 29.1 Å². The zero-order valence-electron chi connectivity index (χ0n) is 19.0. The van der Waals surface area contributed by atoms with E-state index in [1.807, 2.05) is 24.4 Å². The molecule has 4 heterocycles. The van der Waals surface area contributed by atoms with Crippen LogP contribution in [0.3, 0.4) is 0 Å². The Morgan fingerprint density at radius 2 is 1.82 bits per heavy atom. The van der Waals surface area contributed by atoms with Crippen molar-refractivity contribution in [2.75, 3.05) is 51.0 Å². The molecule has 1 aliphatic heterocycles. The van der Waals surface area contributed by atoms with Gasteiger partial charge in [-0.2, -0.15) is 4.52 Å². The summed E-state index contributed by atoms with van der Waals surface area (Å²) in [7, 11) is 3.80. The van der Waals surface area contributed by atoms with Crippen molar-refractivity contribution in [1.82, 2.24) is 29.5 Å². The first-order valence-corrected chi connectivity index (χ1v) is 11.5. The first-order valence-electron chi connectivity index (χ1n) is 11.5. The molecular formula is C24H28N8O. The Labute approximate surface area is 192 Å². The van der Waals surface area contributed by atoms with Gasteiger partial charge < -0.3 is 20.3 Å². The molecule has 0 amide bonds. The van der Waals surface area contributed by atoms with E-state index in [-0.39, 0.29) is 0 Å². The lowest BCUT2D eigenvalue weighted by Gasteiger charge is -2.35. The van der Waals surface area contributed by atoms with Crippen LogP contribution < -0.4 is 15.4 Å². The van der Waals surface area contributed by atoms with Gasteiger partial charge in [-0.3, -0.25) is 0 Å². The van der Waals surface area contributed by atoms with Crippen molar-refractivity contribution in [2.45, 2.75) is 24.7 Å². The van der Waals surface area contributed by atoms with E-state index in [2.05, 4.69) is 34.0 Å². The van der Waals surface area contributed by atoms with Gasteiger partial charge in [0.15, 0.2) is 11.5 Å². The number of methoxy groups -OCH3 is 1. The average Bonchev–Trinajstić information content (AvgIpc) is 3.25. The van der Waals surface area contributed by atoms with E-state index in [9.17, 15) is 0 Å². The molecule has 6 rings (SSSR count). The highest BCUT2D eigenvalue weighted by molar-refractivity contribution is 5.95. The Balaban J connectivity index is 1.20. The van der Waals surface area contributed by atoms with E-state index in [1.165, 1.54) is 5.56 Å². The number of nitrogens with two attached hydrogens (primary N) is 1. The molecule has 0 atom stereocenters. The van der Waals surface area contributed by atoms with Crippen LogP contribution in [-0.4, -0.2) is 69.8 Å². The molecule has 0 radical (unpaired) electrons. The molecule has 1 saturated carbocycles. The predicted octanol–water partition coefficient (Wildman–Crippen LogP) is 2.68. The smallest absolute Gasteiger partial charge is 0.223 e. The number of piperazine rings is 1. The van der Waals surface area contributed by atoms with Gasteiger partial charge in [0.1, 0.15) is 17.1 Å². The zero-order valence-corrected chi connectivity index (χ0v) is 19.0. The number of nitrogen functional groups attached to an aromatic ring is 1. The van der Waals surface area contributed by atoms with Crippen molar-refractivity contribution in [2.24, 2.45) is 0 Å². The van der Waals surface area contributed by atoms with Crippen LogP contribution >= 0.6 is 0 Å². The highest BCUT2D eigenvalue weighted by Crippen LogP contribution is 2.46. The molecular weight excluding hydrogens is 416 g/mol. The molecule has 9 nitrogen and oxygen atoms in total.